The van der Waals surface area contributed by atoms with Gasteiger partial charge in [0.2, 0.25) is 0 Å². The Hall–Kier alpha value is -1.76. The third-order valence-corrected chi connectivity index (χ3v) is 3.91. The second-order valence-electron chi connectivity index (χ2n) is 4.76. The predicted octanol–water partition coefficient (Wildman–Crippen LogP) is 3.45. The molecule has 0 saturated heterocycles. The predicted molar refractivity (Wildman–Crippen MR) is 94.6 cm³/mol. The van der Waals surface area contributed by atoms with Crippen molar-refractivity contribution >= 4 is 28.5 Å². The van der Waals surface area contributed by atoms with Crippen molar-refractivity contribution in [3.8, 4) is 11.5 Å². The third kappa shape index (κ3) is 4.62. The normalized spacial score (nSPS) is 10.1. The highest BCUT2D eigenvalue weighted by Crippen LogP contribution is 2.17. The lowest BCUT2D eigenvalue weighted by molar-refractivity contribution is 0.0774. The van der Waals surface area contributed by atoms with Gasteiger partial charge in [-0.25, -0.2) is 0 Å². The fraction of sp³-hybridized carbons (Fsp3) is 0.235. The summed E-state index contributed by atoms with van der Waals surface area (Å²) in [4.78, 5) is 13.9. The first-order valence-electron chi connectivity index (χ1n) is 6.88. The van der Waals surface area contributed by atoms with E-state index in [0.29, 0.717) is 18.7 Å². The maximum atomic E-state index is 12.2. The summed E-state index contributed by atoms with van der Waals surface area (Å²) in [5.41, 5.74) is 0.687. The summed E-state index contributed by atoms with van der Waals surface area (Å²) in [6, 6.07) is 14.9. The van der Waals surface area contributed by atoms with Crippen LogP contribution in [0.2, 0.25) is 0 Å². The summed E-state index contributed by atoms with van der Waals surface area (Å²) in [5, 5.41) is 0. The summed E-state index contributed by atoms with van der Waals surface area (Å²) in [5.74, 6) is 1.55. The Morgan fingerprint density at radius 1 is 1.05 bits per heavy atom. The van der Waals surface area contributed by atoms with Crippen molar-refractivity contribution in [2.45, 2.75) is 0 Å². The van der Waals surface area contributed by atoms with Crippen LogP contribution in [0.15, 0.2) is 48.5 Å². The average molecular weight is 411 g/mol. The minimum atomic E-state index is -0.00488. The minimum Gasteiger partial charge on any atom is -0.497 e. The molecule has 2 rings (SSSR count). The van der Waals surface area contributed by atoms with Gasteiger partial charge in [-0.1, -0.05) is 0 Å². The molecule has 0 atom stereocenters. The number of benzene rings is 2. The molecule has 0 aliphatic heterocycles. The Balaban J connectivity index is 1.82. The first-order valence-corrected chi connectivity index (χ1v) is 7.96. The molecule has 0 spiro atoms. The quantitative estimate of drug-likeness (QED) is 0.684. The van der Waals surface area contributed by atoms with Crippen molar-refractivity contribution in [3.05, 3.63) is 57.7 Å². The molecule has 0 aromatic heterocycles. The molecule has 0 unspecified atom stereocenters. The van der Waals surface area contributed by atoms with Crippen molar-refractivity contribution in [1.29, 1.82) is 0 Å². The Kier molecular flexibility index (Phi) is 6.06. The number of rotatable bonds is 6. The third-order valence-electron chi connectivity index (χ3n) is 3.19. The van der Waals surface area contributed by atoms with Crippen LogP contribution in [0.1, 0.15) is 10.4 Å². The van der Waals surface area contributed by atoms with Crippen molar-refractivity contribution < 1.29 is 14.3 Å². The largest absolute Gasteiger partial charge is 0.497 e. The molecule has 2 aromatic rings. The van der Waals surface area contributed by atoms with Gasteiger partial charge in [-0.2, -0.15) is 0 Å². The van der Waals surface area contributed by atoms with Crippen LogP contribution in [-0.4, -0.2) is 38.1 Å². The number of amides is 1. The first-order chi connectivity index (χ1) is 10.6. The van der Waals surface area contributed by atoms with E-state index >= 15 is 0 Å². The molecular formula is C17H18INO3. The smallest absolute Gasteiger partial charge is 0.253 e. The number of hydrogen-bond acceptors (Lipinski definition) is 3. The Morgan fingerprint density at radius 3 is 2.23 bits per heavy atom. The van der Waals surface area contributed by atoms with E-state index in [0.717, 1.165) is 15.1 Å². The first kappa shape index (κ1) is 16.6. The molecule has 1 amide bonds. The topological polar surface area (TPSA) is 38.8 Å². The van der Waals surface area contributed by atoms with Crippen LogP contribution in [0.5, 0.6) is 11.5 Å². The highest BCUT2D eigenvalue weighted by molar-refractivity contribution is 14.1. The number of carbonyl (C=O) groups excluding carboxylic acids is 1. The van der Waals surface area contributed by atoms with Crippen molar-refractivity contribution in [1.82, 2.24) is 4.90 Å². The lowest BCUT2D eigenvalue weighted by atomic mass is 10.2. The van der Waals surface area contributed by atoms with Gasteiger partial charge in [0.1, 0.15) is 18.1 Å². The van der Waals surface area contributed by atoms with Gasteiger partial charge in [-0.15, -0.1) is 0 Å². The lowest BCUT2D eigenvalue weighted by Crippen LogP contribution is -2.30. The van der Waals surface area contributed by atoms with E-state index in [2.05, 4.69) is 22.6 Å². The van der Waals surface area contributed by atoms with E-state index in [1.165, 1.54) is 0 Å². The number of halogens is 1. The molecule has 0 bridgehead atoms. The number of hydrogen-bond donors (Lipinski definition) is 0. The number of methoxy groups -OCH3 is 1. The van der Waals surface area contributed by atoms with Crippen molar-refractivity contribution in [3.63, 3.8) is 0 Å². The van der Waals surface area contributed by atoms with Gasteiger partial charge in [0.15, 0.2) is 0 Å². The summed E-state index contributed by atoms with van der Waals surface area (Å²) < 4.78 is 11.8. The summed E-state index contributed by atoms with van der Waals surface area (Å²) >= 11 is 2.22. The SMILES string of the molecule is COc1ccc(OCCN(C)C(=O)c2ccc(I)cc2)cc1. The molecule has 0 saturated carbocycles. The second kappa shape index (κ2) is 8.03. The van der Waals surface area contributed by atoms with Crippen LogP contribution < -0.4 is 9.47 Å². The van der Waals surface area contributed by atoms with Crippen LogP contribution in [0.4, 0.5) is 0 Å². The van der Waals surface area contributed by atoms with Gasteiger partial charge in [0, 0.05) is 16.2 Å². The molecule has 0 heterocycles. The van der Waals surface area contributed by atoms with Gasteiger partial charge in [-0.3, -0.25) is 4.79 Å². The maximum Gasteiger partial charge on any atom is 0.253 e. The Morgan fingerprint density at radius 2 is 1.64 bits per heavy atom. The van der Waals surface area contributed by atoms with E-state index in [-0.39, 0.29) is 5.91 Å². The second-order valence-corrected chi connectivity index (χ2v) is 6.00. The molecule has 0 fully saturated rings. The average Bonchev–Trinajstić information content (AvgIpc) is 2.55. The van der Waals surface area contributed by atoms with Crippen molar-refractivity contribution in [2.24, 2.45) is 0 Å². The van der Waals surface area contributed by atoms with Gasteiger partial charge in [-0.05, 0) is 71.1 Å². The van der Waals surface area contributed by atoms with Crippen LogP contribution in [0.25, 0.3) is 0 Å². The number of likely N-dealkylation sites (N-methyl/N-ethyl adjacent to an activating group) is 1. The minimum absolute atomic E-state index is 0.00488. The molecule has 0 radical (unpaired) electrons. The van der Waals surface area contributed by atoms with E-state index < -0.39 is 0 Å². The van der Waals surface area contributed by atoms with Crippen LogP contribution in [0, 0.1) is 3.57 Å². The number of carbonyl (C=O) groups is 1. The highest BCUT2D eigenvalue weighted by Gasteiger charge is 2.11. The molecule has 22 heavy (non-hydrogen) atoms. The van der Waals surface area contributed by atoms with Crippen LogP contribution >= 0.6 is 22.6 Å². The summed E-state index contributed by atoms with van der Waals surface area (Å²) in [6.07, 6.45) is 0. The van der Waals surface area contributed by atoms with E-state index in [1.54, 1.807) is 19.1 Å². The molecule has 2 aromatic carbocycles. The van der Waals surface area contributed by atoms with Crippen LogP contribution in [0.3, 0.4) is 0 Å². The van der Waals surface area contributed by atoms with E-state index in [9.17, 15) is 4.79 Å². The highest BCUT2D eigenvalue weighted by atomic mass is 127. The maximum absolute atomic E-state index is 12.2. The standard InChI is InChI=1S/C17H18INO3/c1-19(17(20)13-3-5-14(18)6-4-13)11-12-22-16-9-7-15(21-2)8-10-16/h3-10H,11-12H2,1-2H3. The van der Waals surface area contributed by atoms with E-state index in [1.807, 2.05) is 48.5 Å². The lowest BCUT2D eigenvalue weighted by Gasteiger charge is -2.17. The zero-order chi connectivity index (χ0) is 15.9. The van der Waals surface area contributed by atoms with Crippen molar-refractivity contribution in [2.75, 3.05) is 27.3 Å². The van der Waals surface area contributed by atoms with E-state index in [4.69, 9.17) is 9.47 Å². The zero-order valence-corrected chi connectivity index (χ0v) is 14.7. The zero-order valence-electron chi connectivity index (χ0n) is 12.6. The molecular weight excluding hydrogens is 393 g/mol. The molecule has 0 aliphatic rings. The summed E-state index contributed by atoms with van der Waals surface area (Å²) in [6.45, 7) is 0.968. The fourth-order valence-electron chi connectivity index (χ4n) is 1.89. The monoisotopic (exact) mass is 411 g/mol. The summed E-state index contributed by atoms with van der Waals surface area (Å²) in [7, 11) is 3.40. The van der Waals surface area contributed by atoms with Gasteiger partial charge in [0.05, 0.1) is 13.7 Å². The molecule has 0 N–H and O–H groups in total. The Bertz CT molecular complexity index is 611. The molecule has 4 nitrogen and oxygen atoms in total. The Labute approximate surface area is 144 Å². The molecule has 116 valence electrons. The van der Waals surface area contributed by atoms with Gasteiger partial charge >= 0.3 is 0 Å². The number of nitrogens with zero attached hydrogens (tertiary/aromatic N) is 1. The van der Waals surface area contributed by atoms with Gasteiger partial charge < -0.3 is 14.4 Å². The number of ether oxygens (including phenoxy) is 2. The van der Waals surface area contributed by atoms with Gasteiger partial charge in [0.25, 0.3) is 5.91 Å². The van der Waals surface area contributed by atoms with Crippen LogP contribution in [-0.2, 0) is 0 Å². The fourth-order valence-corrected chi connectivity index (χ4v) is 2.25. The molecule has 5 heteroatoms. The molecule has 0 aliphatic carbocycles.